The summed E-state index contributed by atoms with van der Waals surface area (Å²) in [5.41, 5.74) is 0.436. The third-order valence-electron chi connectivity index (χ3n) is 2.87. The van der Waals surface area contributed by atoms with Crippen molar-refractivity contribution in [1.29, 1.82) is 0 Å². The molecule has 1 aromatic rings. The fourth-order valence-electron chi connectivity index (χ4n) is 1.87. The fraction of sp³-hybridized carbons (Fsp3) is 0.533. The molecule has 0 saturated heterocycles. The van der Waals surface area contributed by atoms with Crippen molar-refractivity contribution < 1.29 is 15.0 Å². The highest BCUT2D eigenvalue weighted by atomic mass is 16.3. The molecule has 0 aliphatic carbocycles. The van der Waals surface area contributed by atoms with Gasteiger partial charge >= 0.3 is 6.03 Å². The number of benzene rings is 1. The van der Waals surface area contributed by atoms with Crippen LogP contribution in [0.25, 0.3) is 0 Å². The summed E-state index contributed by atoms with van der Waals surface area (Å²) in [6.45, 7) is 7.62. The van der Waals surface area contributed by atoms with E-state index in [2.05, 4.69) is 5.32 Å². The second kappa shape index (κ2) is 6.72. The number of amides is 2. The number of nitrogens with one attached hydrogen (secondary N) is 1. The van der Waals surface area contributed by atoms with Gasteiger partial charge in [-0.2, -0.15) is 0 Å². The molecule has 5 nitrogen and oxygen atoms in total. The molecule has 0 aliphatic rings. The van der Waals surface area contributed by atoms with Crippen molar-refractivity contribution in [2.75, 3.05) is 18.4 Å². The average molecular weight is 280 g/mol. The molecule has 0 aromatic heterocycles. The highest BCUT2D eigenvalue weighted by Crippen LogP contribution is 2.17. The van der Waals surface area contributed by atoms with Gasteiger partial charge in [0.2, 0.25) is 0 Å². The van der Waals surface area contributed by atoms with Gasteiger partial charge in [-0.3, -0.25) is 0 Å². The minimum absolute atomic E-state index is 0.255. The summed E-state index contributed by atoms with van der Waals surface area (Å²) in [5, 5.41) is 22.1. The maximum absolute atomic E-state index is 12.1. The van der Waals surface area contributed by atoms with E-state index >= 15 is 0 Å². The van der Waals surface area contributed by atoms with Gasteiger partial charge in [-0.25, -0.2) is 4.79 Å². The largest absolute Gasteiger partial charge is 0.389 e. The summed E-state index contributed by atoms with van der Waals surface area (Å²) in [7, 11) is 0. The van der Waals surface area contributed by atoms with E-state index in [0.717, 1.165) is 5.56 Å². The number of carbonyl (C=O) groups is 1. The van der Waals surface area contributed by atoms with E-state index in [4.69, 9.17) is 0 Å². The zero-order chi connectivity index (χ0) is 15.3. The monoisotopic (exact) mass is 280 g/mol. The maximum Gasteiger partial charge on any atom is 0.321 e. The van der Waals surface area contributed by atoms with Crippen LogP contribution in [0.4, 0.5) is 10.5 Å². The van der Waals surface area contributed by atoms with Crippen LogP contribution in [-0.2, 0) is 0 Å². The Labute approximate surface area is 120 Å². The molecule has 0 aliphatic heterocycles. The topological polar surface area (TPSA) is 72.8 Å². The van der Waals surface area contributed by atoms with Crippen molar-refractivity contribution in [2.45, 2.75) is 39.4 Å². The van der Waals surface area contributed by atoms with Crippen LogP contribution in [0.15, 0.2) is 24.3 Å². The van der Waals surface area contributed by atoms with E-state index in [1.165, 1.54) is 4.90 Å². The van der Waals surface area contributed by atoms with Crippen molar-refractivity contribution in [3.8, 4) is 0 Å². The lowest BCUT2D eigenvalue weighted by Gasteiger charge is -2.28. The second-order valence-electron chi connectivity index (χ2n) is 5.56. The van der Waals surface area contributed by atoms with Crippen molar-refractivity contribution in [2.24, 2.45) is 0 Å². The Hall–Kier alpha value is -1.59. The standard InChI is InChI=1S/C15H24N2O3/c1-5-17(10-15(3,4)20)14(19)16-13-8-6-7-12(9-13)11(2)18/h6-9,11,18,20H,5,10H2,1-4H3,(H,16,19). The molecule has 5 heteroatoms. The van der Waals surface area contributed by atoms with Crippen LogP contribution in [0.2, 0.25) is 0 Å². The lowest BCUT2D eigenvalue weighted by atomic mass is 10.1. The highest BCUT2D eigenvalue weighted by molar-refractivity contribution is 5.89. The van der Waals surface area contributed by atoms with E-state index in [9.17, 15) is 15.0 Å². The third-order valence-corrected chi connectivity index (χ3v) is 2.87. The van der Waals surface area contributed by atoms with Crippen LogP contribution in [0.5, 0.6) is 0 Å². The zero-order valence-electron chi connectivity index (χ0n) is 12.6. The minimum Gasteiger partial charge on any atom is -0.389 e. The molecule has 112 valence electrons. The van der Waals surface area contributed by atoms with Crippen molar-refractivity contribution in [1.82, 2.24) is 4.90 Å². The quantitative estimate of drug-likeness (QED) is 0.775. The number of aliphatic hydroxyl groups is 2. The van der Waals surface area contributed by atoms with Crippen molar-refractivity contribution in [3.63, 3.8) is 0 Å². The first-order valence-electron chi connectivity index (χ1n) is 6.79. The number of hydrogen-bond acceptors (Lipinski definition) is 3. The molecule has 0 fully saturated rings. The molecule has 1 unspecified atom stereocenters. The van der Waals surface area contributed by atoms with E-state index in [1.54, 1.807) is 45.0 Å². The summed E-state index contributed by atoms with van der Waals surface area (Å²) < 4.78 is 0. The first-order valence-corrected chi connectivity index (χ1v) is 6.79. The average Bonchev–Trinajstić information content (AvgIpc) is 2.35. The van der Waals surface area contributed by atoms with Crippen LogP contribution in [0.1, 0.15) is 39.4 Å². The summed E-state index contributed by atoms with van der Waals surface area (Å²) in [4.78, 5) is 13.7. The number of aliphatic hydroxyl groups excluding tert-OH is 1. The molecular weight excluding hydrogens is 256 g/mol. The van der Waals surface area contributed by atoms with Crippen LogP contribution in [-0.4, -0.2) is 39.8 Å². The summed E-state index contributed by atoms with van der Waals surface area (Å²) >= 11 is 0. The number of hydrogen-bond donors (Lipinski definition) is 3. The Morgan fingerprint density at radius 3 is 2.60 bits per heavy atom. The Balaban J connectivity index is 2.76. The van der Waals surface area contributed by atoms with Gasteiger partial charge < -0.3 is 20.4 Å². The van der Waals surface area contributed by atoms with E-state index in [0.29, 0.717) is 12.2 Å². The van der Waals surface area contributed by atoms with Gasteiger partial charge in [0.05, 0.1) is 18.2 Å². The third kappa shape index (κ3) is 5.19. The number of carbonyl (C=O) groups excluding carboxylic acids is 1. The van der Waals surface area contributed by atoms with Gasteiger partial charge in [-0.1, -0.05) is 12.1 Å². The Bertz CT molecular complexity index is 453. The van der Waals surface area contributed by atoms with Crippen LogP contribution < -0.4 is 5.32 Å². The van der Waals surface area contributed by atoms with E-state index in [1.807, 2.05) is 6.92 Å². The predicted molar refractivity (Wildman–Crippen MR) is 79.6 cm³/mol. The fourth-order valence-corrected chi connectivity index (χ4v) is 1.87. The van der Waals surface area contributed by atoms with E-state index in [-0.39, 0.29) is 12.6 Å². The maximum atomic E-state index is 12.1. The van der Waals surface area contributed by atoms with Gasteiger partial charge in [0, 0.05) is 12.2 Å². The van der Waals surface area contributed by atoms with Gasteiger partial charge in [0.15, 0.2) is 0 Å². The lowest BCUT2D eigenvalue weighted by Crippen LogP contribution is -2.44. The molecule has 20 heavy (non-hydrogen) atoms. The van der Waals surface area contributed by atoms with Gasteiger partial charge in [-0.05, 0) is 45.4 Å². The molecule has 0 bridgehead atoms. The second-order valence-corrected chi connectivity index (χ2v) is 5.56. The first-order chi connectivity index (χ1) is 9.23. The molecule has 1 rings (SSSR count). The number of anilines is 1. The summed E-state index contributed by atoms with van der Waals surface area (Å²) in [6, 6.07) is 6.82. The minimum atomic E-state index is -0.936. The smallest absolute Gasteiger partial charge is 0.321 e. The molecule has 0 heterocycles. The van der Waals surface area contributed by atoms with Gasteiger partial charge in [0.25, 0.3) is 0 Å². The lowest BCUT2D eigenvalue weighted by molar-refractivity contribution is 0.0501. The van der Waals surface area contributed by atoms with Crippen LogP contribution in [0.3, 0.4) is 0 Å². The molecule has 0 saturated carbocycles. The van der Waals surface area contributed by atoms with Crippen molar-refractivity contribution >= 4 is 11.7 Å². The Morgan fingerprint density at radius 1 is 1.45 bits per heavy atom. The Kier molecular flexibility index (Phi) is 5.53. The Morgan fingerprint density at radius 2 is 2.10 bits per heavy atom. The number of likely N-dealkylation sites (N-methyl/N-ethyl adjacent to an activating group) is 1. The molecule has 1 aromatic carbocycles. The molecular formula is C15H24N2O3. The predicted octanol–water partition coefficient (Wildman–Crippen LogP) is 2.36. The number of nitrogens with zero attached hydrogens (tertiary/aromatic N) is 1. The first kappa shape index (κ1) is 16.5. The van der Waals surface area contributed by atoms with Crippen molar-refractivity contribution in [3.05, 3.63) is 29.8 Å². The SMILES string of the molecule is CCN(CC(C)(C)O)C(=O)Nc1cccc(C(C)O)c1. The van der Waals surface area contributed by atoms with E-state index < -0.39 is 11.7 Å². The number of rotatable bonds is 5. The highest BCUT2D eigenvalue weighted by Gasteiger charge is 2.21. The molecule has 1 atom stereocenters. The zero-order valence-corrected chi connectivity index (χ0v) is 12.6. The number of urea groups is 1. The van der Waals surface area contributed by atoms with Crippen LogP contribution >= 0.6 is 0 Å². The normalized spacial score (nSPS) is 12.9. The molecule has 0 radical (unpaired) electrons. The van der Waals surface area contributed by atoms with Gasteiger partial charge in [-0.15, -0.1) is 0 Å². The molecule has 3 N–H and O–H groups in total. The molecule has 2 amide bonds. The summed E-state index contributed by atoms with van der Waals surface area (Å²) in [6.07, 6.45) is -0.578. The summed E-state index contributed by atoms with van der Waals surface area (Å²) in [5.74, 6) is 0. The molecule has 0 spiro atoms. The van der Waals surface area contributed by atoms with Gasteiger partial charge in [0.1, 0.15) is 0 Å². The van der Waals surface area contributed by atoms with Crippen LogP contribution in [0, 0.1) is 0 Å².